The molecule has 414 valence electrons. The van der Waals surface area contributed by atoms with Gasteiger partial charge in [-0.25, -0.2) is 4.79 Å². The van der Waals surface area contributed by atoms with Crippen molar-refractivity contribution in [2.24, 2.45) is 16.6 Å². The summed E-state index contributed by atoms with van der Waals surface area (Å²) in [5.41, 5.74) is 5.11. The van der Waals surface area contributed by atoms with Crippen LogP contribution in [0.15, 0.2) is 36.7 Å². The maximum atomic E-state index is 15.0. The van der Waals surface area contributed by atoms with Crippen molar-refractivity contribution in [1.29, 1.82) is 0 Å². The smallest absolute Gasteiger partial charge is 0.315 e. The van der Waals surface area contributed by atoms with E-state index in [-0.39, 0.29) is 93.2 Å². The molecule has 0 bridgehead atoms. The molecule has 3 aromatic rings. The number of hydrogen-bond acceptors (Lipinski definition) is 13. The topological polar surface area (TPSA) is 290 Å². The standard InChI is InChI=1S/C50H77Cl2N15O7S/c1-8-22-65(31-47(2,3)45(73)66(30-40(53)68)28-35-25-55-62-60-35)44(72)48(4,5)32-67(29-36-26-56-63-61-36)43(71)38(57-42(70)14-10-9-13-39-50(7)49(6,33-75-39)58-46(74)59-50)27-54-41(69)15-11-12-34-16-18-37(19-17-34)64(23-20-51)24-21-52/h16-19,25-26,38-39H,8-15,20-24,27-33H2,1-7H3,(H2,53,68)(H,54,69)(H,57,70)(H,55,60,62)(H,56,61,63)(H2,58,59,74)/t38?,39-,49-,50+/m0/s1. The van der Waals surface area contributed by atoms with Gasteiger partial charge in [0.25, 0.3) is 0 Å². The van der Waals surface area contributed by atoms with Crippen LogP contribution in [0.4, 0.5) is 10.5 Å². The van der Waals surface area contributed by atoms with Gasteiger partial charge in [0.1, 0.15) is 17.4 Å². The van der Waals surface area contributed by atoms with E-state index in [1.54, 1.807) is 44.4 Å². The largest absolute Gasteiger partial charge is 0.369 e. The number of aromatic amines is 2. The van der Waals surface area contributed by atoms with Crippen LogP contribution in [0.1, 0.15) is 110 Å². The lowest BCUT2D eigenvalue weighted by molar-refractivity contribution is -0.151. The molecule has 8 N–H and O–H groups in total. The Kier molecular flexibility index (Phi) is 22.0. The Balaban J connectivity index is 1.31. The van der Waals surface area contributed by atoms with Crippen molar-refractivity contribution in [3.8, 4) is 0 Å². The monoisotopic (exact) mass is 1100 g/mol. The fourth-order valence-corrected chi connectivity index (χ4v) is 12.1. The summed E-state index contributed by atoms with van der Waals surface area (Å²) in [4.78, 5) is 102. The second-order valence-corrected chi connectivity index (χ2v) is 23.2. The van der Waals surface area contributed by atoms with Gasteiger partial charge in [0.2, 0.25) is 35.4 Å². The van der Waals surface area contributed by atoms with Crippen LogP contribution in [0.2, 0.25) is 0 Å². The highest BCUT2D eigenvalue weighted by Gasteiger charge is 2.60. The first-order valence-corrected chi connectivity index (χ1v) is 27.8. The van der Waals surface area contributed by atoms with Crippen molar-refractivity contribution in [2.45, 2.75) is 135 Å². The third-order valence-electron chi connectivity index (χ3n) is 14.0. The van der Waals surface area contributed by atoms with Crippen molar-refractivity contribution in [3.05, 3.63) is 53.6 Å². The number of aromatic nitrogens is 6. The van der Waals surface area contributed by atoms with Crippen LogP contribution in [0.5, 0.6) is 0 Å². The molecule has 0 aliphatic carbocycles. The maximum absolute atomic E-state index is 15.0. The predicted octanol–water partition coefficient (Wildman–Crippen LogP) is 3.47. The van der Waals surface area contributed by atoms with Gasteiger partial charge in [-0.3, -0.25) is 28.8 Å². The second kappa shape index (κ2) is 27.4. The van der Waals surface area contributed by atoms with Crippen LogP contribution in [-0.4, -0.2) is 173 Å². The number of carbonyl (C=O) groups excluding carboxylic acids is 7. The molecule has 2 aromatic heterocycles. The third kappa shape index (κ3) is 16.7. The third-order valence-corrected chi connectivity index (χ3v) is 16.1. The van der Waals surface area contributed by atoms with Gasteiger partial charge in [-0.15, -0.1) is 23.2 Å². The lowest BCUT2D eigenvalue weighted by Gasteiger charge is -2.40. The number of unbranched alkanes of at least 4 members (excludes halogenated alkanes) is 1. The molecular formula is C50H77Cl2N15O7S. The van der Waals surface area contributed by atoms with Gasteiger partial charge in [-0.1, -0.05) is 25.5 Å². The number of fused-ring (bicyclic) bond motifs is 1. The first-order chi connectivity index (χ1) is 35.5. The van der Waals surface area contributed by atoms with Crippen molar-refractivity contribution >= 4 is 82.1 Å². The highest BCUT2D eigenvalue weighted by atomic mass is 35.5. The van der Waals surface area contributed by atoms with Gasteiger partial charge >= 0.3 is 6.03 Å². The number of primary amides is 1. The number of nitrogens with one attached hydrogen (secondary N) is 6. The van der Waals surface area contributed by atoms with Crippen molar-refractivity contribution in [2.75, 3.05) is 68.2 Å². The van der Waals surface area contributed by atoms with Crippen LogP contribution in [-0.2, 0) is 48.3 Å². The number of amides is 8. The molecule has 0 radical (unpaired) electrons. The molecule has 75 heavy (non-hydrogen) atoms. The molecule has 22 nitrogen and oxygen atoms in total. The summed E-state index contributed by atoms with van der Waals surface area (Å²) in [6.45, 7) is 13.5. The van der Waals surface area contributed by atoms with Gasteiger partial charge in [0.15, 0.2) is 0 Å². The summed E-state index contributed by atoms with van der Waals surface area (Å²) in [6.07, 6.45) is 6.83. The summed E-state index contributed by atoms with van der Waals surface area (Å²) in [5.74, 6) is -1.05. The summed E-state index contributed by atoms with van der Waals surface area (Å²) in [6, 6.07) is 6.64. The molecule has 2 aliphatic heterocycles. The number of alkyl halides is 2. The molecule has 1 aromatic carbocycles. The number of nitrogens with zero attached hydrogens (tertiary/aromatic N) is 8. The van der Waals surface area contributed by atoms with Crippen LogP contribution < -0.4 is 31.9 Å². The van der Waals surface area contributed by atoms with Gasteiger partial charge < -0.3 is 46.6 Å². The van der Waals surface area contributed by atoms with Crippen molar-refractivity contribution < 1.29 is 33.6 Å². The fraction of sp³-hybridized carbons (Fsp3) is 0.660. The number of anilines is 1. The molecule has 2 fully saturated rings. The van der Waals surface area contributed by atoms with E-state index in [0.717, 1.165) is 23.4 Å². The van der Waals surface area contributed by atoms with E-state index in [1.165, 1.54) is 22.2 Å². The van der Waals surface area contributed by atoms with Gasteiger partial charge in [0.05, 0.1) is 53.9 Å². The quantitative estimate of drug-likeness (QED) is 0.0268. The lowest BCUT2D eigenvalue weighted by Crippen LogP contribution is -2.58. The van der Waals surface area contributed by atoms with Crippen molar-refractivity contribution in [1.82, 2.24) is 66.8 Å². The number of benzene rings is 1. The van der Waals surface area contributed by atoms with E-state index >= 15 is 0 Å². The summed E-state index contributed by atoms with van der Waals surface area (Å²) in [5, 5.41) is 33.1. The Bertz CT molecular complexity index is 2370. The highest BCUT2D eigenvalue weighted by Crippen LogP contribution is 2.47. The SMILES string of the molecule is CCCN(CC(C)(C)C(=O)N(CC(N)=O)Cc1cn[nH]n1)C(=O)C(C)(C)CN(Cc1cn[nH]n1)C(=O)C(CNC(=O)CCCc1ccc(N(CCCl)CCCl)cc1)NC(=O)CCCC[C@@H]1SC[C@]2(C)NC(=O)N[C@]12C. The number of rotatable bonds is 32. The van der Waals surface area contributed by atoms with E-state index in [4.69, 9.17) is 28.9 Å². The molecule has 4 atom stereocenters. The molecule has 25 heteroatoms. The molecular weight excluding hydrogens is 1030 g/mol. The van der Waals surface area contributed by atoms with Gasteiger partial charge in [0, 0.05) is 80.6 Å². The van der Waals surface area contributed by atoms with E-state index < -0.39 is 40.1 Å². The molecule has 0 spiro atoms. The van der Waals surface area contributed by atoms with Crippen LogP contribution in [0.3, 0.4) is 0 Å². The minimum atomic E-state index is -1.27. The average Bonchev–Trinajstić information content (AvgIpc) is 4.16. The molecule has 2 saturated heterocycles. The molecule has 1 unspecified atom stereocenters. The Labute approximate surface area is 454 Å². The van der Waals surface area contributed by atoms with Gasteiger partial charge in [-0.2, -0.15) is 42.6 Å². The zero-order valence-corrected chi connectivity index (χ0v) is 46.8. The second-order valence-electron chi connectivity index (χ2n) is 21.2. The number of carbonyl (C=O) groups is 7. The van der Waals surface area contributed by atoms with Crippen molar-refractivity contribution in [3.63, 3.8) is 0 Å². The normalized spacial score (nSPS) is 18.6. The number of hydrogen-bond donors (Lipinski definition) is 7. The Morgan fingerprint density at radius 2 is 1.40 bits per heavy atom. The number of halogens is 2. The number of urea groups is 1. The summed E-state index contributed by atoms with van der Waals surface area (Å²) >= 11 is 13.8. The predicted molar refractivity (Wildman–Crippen MR) is 288 cm³/mol. The van der Waals surface area contributed by atoms with Crippen LogP contribution in [0.25, 0.3) is 0 Å². The van der Waals surface area contributed by atoms with Gasteiger partial charge in [-0.05, 0) is 91.3 Å². The number of aryl methyl sites for hydroxylation is 1. The number of thioether (sulfide) groups is 1. The Morgan fingerprint density at radius 1 is 0.813 bits per heavy atom. The molecule has 8 amide bonds. The fourth-order valence-electron chi connectivity index (χ4n) is 9.78. The number of H-pyrrole nitrogens is 2. The minimum absolute atomic E-state index is 0.0332. The van der Waals surface area contributed by atoms with E-state index in [9.17, 15) is 33.6 Å². The van der Waals surface area contributed by atoms with E-state index in [0.29, 0.717) is 68.3 Å². The lowest BCUT2D eigenvalue weighted by atomic mass is 9.79. The molecule has 2 aliphatic rings. The maximum Gasteiger partial charge on any atom is 0.315 e. The Hall–Kier alpha value is -5.68. The number of nitrogens with two attached hydrogens (primary N) is 1. The van der Waals surface area contributed by atoms with Crippen LogP contribution in [0, 0.1) is 10.8 Å². The highest BCUT2D eigenvalue weighted by molar-refractivity contribution is 8.00. The van der Waals surface area contributed by atoms with Crippen LogP contribution >= 0.6 is 35.0 Å². The molecule has 0 saturated carbocycles. The van der Waals surface area contributed by atoms with E-state index in [1.807, 2.05) is 38.1 Å². The minimum Gasteiger partial charge on any atom is -0.369 e. The summed E-state index contributed by atoms with van der Waals surface area (Å²) < 4.78 is 0. The first-order valence-electron chi connectivity index (χ1n) is 25.6. The molecule has 4 heterocycles. The zero-order valence-electron chi connectivity index (χ0n) is 44.4. The molecule has 5 rings (SSSR count). The van der Waals surface area contributed by atoms with E-state index in [2.05, 4.69) is 63.9 Å². The average molecular weight is 1100 g/mol. The summed E-state index contributed by atoms with van der Waals surface area (Å²) in [7, 11) is 0. The zero-order chi connectivity index (χ0) is 55.0. The Morgan fingerprint density at radius 3 is 1.97 bits per heavy atom. The first kappa shape index (κ1) is 60.2.